The Labute approximate surface area is 88.0 Å². The minimum absolute atomic E-state index is 0.451. The first-order valence-electron chi connectivity index (χ1n) is 4.99. The molecule has 0 saturated carbocycles. The Morgan fingerprint density at radius 1 is 1.21 bits per heavy atom. The van der Waals surface area contributed by atoms with Crippen molar-refractivity contribution in [1.82, 2.24) is 5.32 Å². The largest absolute Gasteiger partial charge is 0.489 e. The average Bonchev–Trinajstić information content (AvgIpc) is 2.58. The van der Waals surface area contributed by atoms with Gasteiger partial charge in [0.25, 0.3) is 0 Å². The normalized spacial score (nSPS) is 20.3. The fourth-order valence-corrected chi connectivity index (χ4v) is 2.38. The van der Waals surface area contributed by atoms with Crippen LogP contribution in [0.1, 0.15) is 11.1 Å². The summed E-state index contributed by atoms with van der Waals surface area (Å²) in [5.74, 6) is 3.34. The van der Waals surface area contributed by atoms with Crippen molar-refractivity contribution in [2.24, 2.45) is 0 Å². The molecule has 0 unspecified atom stereocenters. The second kappa shape index (κ2) is 3.48. The second-order valence-electron chi connectivity index (χ2n) is 3.81. The minimum Gasteiger partial charge on any atom is -0.489 e. The summed E-state index contributed by atoms with van der Waals surface area (Å²) in [5.41, 5.74) is 2.81. The van der Waals surface area contributed by atoms with Crippen LogP contribution in [0.5, 0.6) is 5.75 Å². The van der Waals surface area contributed by atoms with E-state index in [4.69, 9.17) is 4.74 Å². The predicted molar refractivity (Wildman–Crippen MR) is 58.7 cm³/mol. The summed E-state index contributed by atoms with van der Waals surface area (Å²) >= 11 is 1.95. The minimum atomic E-state index is 0.451. The van der Waals surface area contributed by atoms with Crippen molar-refractivity contribution in [2.45, 2.75) is 19.2 Å². The third-order valence-electron chi connectivity index (χ3n) is 2.72. The van der Waals surface area contributed by atoms with Crippen LogP contribution < -0.4 is 10.1 Å². The van der Waals surface area contributed by atoms with E-state index in [2.05, 4.69) is 23.5 Å². The average molecular weight is 207 g/mol. The van der Waals surface area contributed by atoms with E-state index in [0.717, 1.165) is 30.3 Å². The Balaban J connectivity index is 1.78. The highest BCUT2D eigenvalue weighted by atomic mass is 32.2. The van der Waals surface area contributed by atoms with E-state index >= 15 is 0 Å². The second-order valence-corrected chi connectivity index (χ2v) is 4.89. The lowest BCUT2D eigenvalue weighted by Gasteiger charge is -2.26. The number of fused-ring (bicyclic) bond motifs is 1. The quantitative estimate of drug-likeness (QED) is 0.799. The van der Waals surface area contributed by atoms with E-state index in [1.54, 1.807) is 0 Å². The molecule has 3 rings (SSSR count). The molecule has 2 heterocycles. The van der Waals surface area contributed by atoms with Crippen LogP contribution in [0, 0.1) is 0 Å². The lowest BCUT2D eigenvalue weighted by atomic mass is 10.1. The number of ether oxygens (including phenoxy) is 1. The van der Waals surface area contributed by atoms with Gasteiger partial charge in [-0.1, -0.05) is 6.07 Å². The van der Waals surface area contributed by atoms with Gasteiger partial charge in [-0.3, -0.25) is 0 Å². The van der Waals surface area contributed by atoms with E-state index in [9.17, 15) is 0 Å². The number of hydrogen-bond acceptors (Lipinski definition) is 3. The van der Waals surface area contributed by atoms with Crippen LogP contribution in [0.2, 0.25) is 0 Å². The van der Waals surface area contributed by atoms with Gasteiger partial charge in [-0.2, -0.15) is 11.8 Å². The highest BCUT2D eigenvalue weighted by molar-refractivity contribution is 8.00. The zero-order valence-corrected chi connectivity index (χ0v) is 8.77. The molecular formula is C11H13NOS. The molecule has 74 valence electrons. The molecule has 14 heavy (non-hydrogen) atoms. The summed E-state index contributed by atoms with van der Waals surface area (Å²) in [6.07, 6.45) is 0.451. The van der Waals surface area contributed by atoms with Gasteiger partial charge in [0, 0.05) is 24.6 Å². The van der Waals surface area contributed by atoms with Gasteiger partial charge in [-0.15, -0.1) is 0 Å². The Kier molecular flexibility index (Phi) is 2.14. The van der Waals surface area contributed by atoms with Crippen LogP contribution in [0.15, 0.2) is 18.2 Å². The molecule has 2 nitrogen and oxygen atoms in total. The van der Waals surface area contributed by atoms with Gasteiger partial charge >= 0.3 is 0 Å². The monoisotopic (exact) mass is 207 g/mol. The Morgan fingerprint density at radius 3 is 2.86 bits per heavy atom. The molecule has 0 atom stereocenters. The third-order valence-corrected chi connectivity index (χ3v) is 3.93. The molecule has 1 N–H and O–H groups in total. The first-order chi connectivity index (χ1) is 6.92. The van der Waals surface area contributed by atoms with E-state index in [0.29, 0.717) is 6.10 Å². The molecule has 3 heteroatoms. The first-order valence-corrected chi connectivity index (χ1v) is 6.14. The van der Waals surface area contributed by atoms with Crippen LogP contribution >= 0.6 is 11.8 Å². The summed E-state index contributed by atoms with van der Waals surface area (Å²) in [5, 5.41) is 3.34. The molecule has 0 spiro atoms. The van der Waals surface area contributed by atoms with Crippen LogP contribution in [-0.4, -0.2) is 17.6 Å². The molecule has 0 amide bonds. The van der Waals surface area contributed by atoms with Gasteiger partial charge in [0.05, 0.1) is 0 Å². The van der Waals surface area contributed by atoms with Crippen LogP contribution in [0.3, 0.4) is 0 Å². The molecular weight excluding hydrogens is 194 g/mol. The topological polar surface area (TPSA) is 21.3 Å². The van der Waals surface area contributed by atoms with Crippen molar-refractivity contribution >= 4 is 11.8 Å². The van der Waals surface area contributed by atoms with Gasteiger partial charge in [0.1, 0.15) is 11.9 Å². The summed E-state index contributed by atoms with van der Waals surface area (Å²) in [6, 6.07) is 6.45. The number of rotatable bonds is 2. The van der Waals surface area contributed by atoms with Crippen LogP contribution in [0.25, 0.3) is 0 Å². The van der Waals surface area contributed by atoms with Crippen molar-refractivity contribution in [1.29, 1.82) is 0 Å². The van der Waals surface area contributed by atoms with Crippen molar-refractivity contribution in [3.8, 4) is 5.75 Å². The summed E-state index contributed by atoms with van der Waals surface area (Å²) < 4.78 is 5.83. The van der Waals surface area contributed by atoms with Crippen molar-refractivity contribution < 1.29 is 4.74 Å². The summed E-state index contributed by atoms with van der Waals surface area (Å²) in [7, 11) is 0. The maximum atomic E-state index is 5.83. The molecule has 0 bridgehead atoms. The van der Waals surface area contributed by atoms with E-state index in [-0.39, 0.29) is 0 Å². The maximum Gasteiger partial charge on any atom is 0.120 e. The molecule has 1 aromatic carbocycles. The molecule has 2 aliphatic heterocycles. The highest BCUT2D eigenvalue weighted by Gasteiger charge is 2.20. The van der Waals surface area contributed by atoms with E-state index < -0.39 is 0 Å². The molecule has 0 aromatic heterocycles. The molecule has 0 radical (unpaired) electrons. The lowest BCUT2D eigenvalue weighted by Crippen LogP contribution is -2.31. The van der Waals surface area contributed by atoms with Crippen LogP contribution in [0.4, 0.5) is 0 Å². The Bertz CT molecular complexity index is 349. The number of thioether (sulfide) groups is 1. The molecule has 1 fully saturated rings. The molecule has 1 saturated heterocycles. The zero-order chi connectivity index (χ0) is 9.38. The van der Waals surface area contributed by atoms with Crippen molar-refractivity contribution in [3.05, 3.63) is 29.3 Å². The molecule has 2 aliphatic rings. The van der Waals surface area contributed by atoms with Gasteiger partial charge in [-0.25, -0.2) is 0 Å². The molecule has 0 aliphatic carbocycles. The fraction of sp³-hybridized carbons (Fsp3) is 0.455. The van der Waals surface area contributed by atoms with E-state index in [1.807, 2.05) is 11.8 Å². The smallest absolute Gasteiger partial charge is 0.120 e. The first kappa shape index (κ1) is 8.62. The maximum absolute atomic E-state index is 5.83. The van der Waals surface area contributed by atoms with Crippen LogP contribution in [-0.2, 0) is 13.1 Å². The summed E-state index contributed by atoms with van der Waals surface area (Å²) in [4.78, 5) is 0. The Morgan fingerprint density at radius 2 is 2.07 bits per heavy atom. The van der Waals surface area contributed by atoms with Gasteiger partial charge in [0.15, 0.2) is 0 Å². The molecule has 1 aromatic rings. The number of hydrogen-bond donors (Lipinski definition) is 1. The van der Waals surface area contributed by atoms with Crippen molar-refractivity contribution in [2.75, 3.05) is 11.5 Å². The fourth-order valence-electron chi connectivity index (χ4n) is 1.82. The lowest BCUT2D eigenvalue weighted by molar-refractivity contribution is 0.240. The van der Waals surface area contributed by atoms with Crippen molar-refractivity contribution in [3.63, 3.8) is 0 Å². The van der Waals surface area contributed by atoms with Gasteiger partial charge < -0.3 is 10.1 Å². The number of benzene rings is 1. The standard InChI is InChI=1S/C11H13NOS/c1-2-10(13-11-6-14-7-11)3-9-5-12-4-8(1)9/h1-3,11-12H,4-7H2. The van der Waals surface area contributed by atoms with Gasteiger partial charge in [-0.05, 0) is 23.3 Å². The SMILES string of the molecule is c1cc2c(cc1OC1CSC1)CNC2. The van der Waals surface area contributed by atoms with E-state index in [1.165, 1.54) is 11.1 Å². The zero-order valence-electron chi connectivity index (χ0n) is 7.95. The van der Waals surface area contributed by atoms with Gasteiger partial charge in [0.2, 0.25) is 0 Å². The predicted octanol–water partition coefficient (Wildman–Crippen LogP) is 1.78. The Hall–Kier alpha value is -0.670. The summed E-state index contributed by atoms with van der Waals surface area (Å²) in [6.45, 7) is 2.00. The third kappa shape index (κ3) is 1.51. The highest BCUT2D eigenvalue weighted by Crippen LogP contribution is 2.26. The number of nitrogens with one attached hydrogen (secondary N) is 1.